The highest BCUT2D eigenvalue weighted by Gasteiger charge is 2.04. The molecule has 3 N–H and O–H groups in total. The van der Waals surface area contributed by atoms with Crippen molar-refractivity contribution in [3.05, 3.63) is 23.8 Å². The molecule has 0 aromatic heterocycles. The zero-order chi connectivity index (χ0) is 10.4. The van der Waals surface area contributed by atoms with E-state index in [4.69, 9.17) is 0 Å². The van der Waals surface area contributed by atoms with E-state index in [1.807, 2.05) is 6.26 Å². The van der Waals surface area contributed by atoms with Crippen molar-refractivity contribution in [3.8, 4) is 11.5 Å². The summed E-state index contributed by atoms with van der Waals surface area (Å²) in [5.41, 5.74) is 0.728. The number of phenolic OH excluding ortho intramolecular Hbond substituents is 2. The van der Waals surface area contributed by atoms with Crippen LogP contribution in [-0.2, 0) is 6.54 Å². The minimum absolute atomic E-state index is 0.0239. The molecule has 0 aliphatic rings. The second kappa shape index (κ2) is 5.78. The number of benzene rings is 1. The quantitative estimate of drug-likeness (QED) is 0.513. The van der Waals surface area contributed by atoms with Crippen LogP contribution < -0.4 is 5.32 Å². The number of rotatable bonds is 5. The molecule has 0 bridgehead atoms. The van der Waals surface area contributed by atoms with Gasteiger partial charge in [-0.25, -0.2) is 0 Å². The molecule has 0 saturated carbocycles. The van der Waals surface area contributed by atoms with E-state index in [0.717, 1.165) is 17.9 Å². The number of hydrogen-bond donors (Lipinski definition) is 3. The zero-order valence-corrected chi connectivity index (χ0v) is 8.97. The topological polar surface area (TPSA) is 52.5 Å². The van der Waals surface area contributed by atoms with Gasteiger partial charge in [0, 0.05) is 24.4 Å². The Morgan fingerprint density at radius 2 is 2.14 bits per heavy atom. The van der Waals surface area contributed by atoms with Gasteiger partial charge in [0.1, 0.15) is 0 Å². The van der Waals surface area contributed by atoms with Crippen LogP contribution in [0.2, 0.25) is 0 Å². The molecule has 0 aliphatic heterocycles. The molecule has 78 valence electrons. The number of phenols is 2. The summed E-state index contributed by atoms with van der Waals surface area (Å²) in [5.74, 6) is 0.956. The molecule has 0 unspecified atom stereocenters. The number of hydrogen-bond acceptors (Lipinski definition) is 4. The van der Waals surface area contributed by atoms with Gasteiger partial charge in [-0.15, -0.1) is 0 Å². The summed E-state index contributed by atoms with van der Waals surface area (Å²) in [7, 11) is 0. The van der Waals surface area contributed by atoms with Crippen LogP contribution in [0.4, 0.5) is 0 Å². The van der Waals surface area contributed by atoms with E-state index < -0.39 is 0 Å². The third-order valence-electron chi connectivity index (χ3n) is 1.90. The van der Waals surface area contributed by atoms with Crippen molar-refractivity contribution < 1.29 is 10.2 Å². The summed E-state index contributed by atoms with van der Waals surface area (Å²) < 4.78 is 0. The van der Waals surface area contributed by atoms with Crippen molar-refractivity contribution in [2.45, 2.75) is 6.54 Å². The third-order valence-corrected chi connectivity index (χ3v) is 2.51. The fourth-order valence-electron chi connectivity index (χ4n) is 1.12. The Morgan fingerprint density at radius 3 is 2.86 bits per heavy atom. The summed E-state index contributed by atoms with van der Waals surface area (Å²) in [6.45, 7) is 1.48. The summed E-state index contributed by atoms with van der Waals surface area (Å²) in [5, 5.41) is 21.9. The number of thioether (sulfide) groups is 1. The second-order valence-corrected chi connectivity index (χ2v) is 3.94. The van der Waals surface area contributed by atoms with E-state index in [9.17, 15) is 10.2 Å². The Hall–Kier alpha value is -0.870. The zero-order valence-electron chi connectivity index (χ0n) is 8.16. The monoisotopic (exact) mass is 213 g/mol. The predicted octanol–water partition coefficient (Wildman–Crippen LogP) is 1.55. The molecular weight excluding hydrogens is 198 g/mol. The Kier molecular flexibility index (Phi) is 4.62. The Morgan fingerprint density at radius 1 is 1.36 bits per heavy atom. The highest BCUT2D eigenvalue weighted by molar-refractivity contribution is 7.98. The van der Waals surface area contributed by atoms with E-state index in [1.165, 1.54) is 6.07 Å². The van der Waals surface area contributed by atoms with Crippen LogP contribution in [0, 0.1) is 0 Å². The number of para-hydroxylation sites is 1. The van der Waals surface area contributed by atoms with Crippen molar-refractivity contribution in [3.63, 3.8) is 0 Å². The lowest BCUT2D eigenvalue weighted by Crippen LogP contribution is -2.16. The summed E-state index contributed by atoms with van der Waals surface area (Å²) in [6.07, 6.45) is 2.05. The van der Waals surface area contributed by atoms with Crippen LogP contribution in [0.1, 0.15) is 5.56 Å². The standard InChI is InChI=1S/C10H15NO2S/c1-14-6-5-11-7-8-3-2-4-9(12)10(8)13/h2-4,11-13H,5-7H2,1H3. The molecule has 0 saturated heterocycles. The van der Waals surface area contributed by atoms with Gasteiger partial charge in [0.15, 0.2) is 11.5 Å². The maximum atomic E-state index is 9.46. The highest BCUT2D eigenvalue weighted by atomic mass is 32.2. The minimum atomic E-state index is -0.0610. The Bertz CT molecular complexity index is 291. The van der Waals surface area contributed by atoms with Gasteiger partial charge in [-0.1, -0.05) is 12.1 Å². The van der Waals surface area contributed by atoms with Crippen LogP contribution in [0.5, 0.6) is 11.5 Å². The number of nitrogens with one attached hydrogen (secondary N) is 1. The summed E-state index contributed by atoms with van der Waals surface area (Å²) >= 11 is 1.77. The second-order valence-electron chi connectivity index (χ2n) is 2.95. The summed E-state index contributed by atoms with van der Waals surface area (Å²) in [6, 6.07) is 4.99. The Labute approximate surface area is 88.2 Å². The normalized spacial score (nSPS) is 10.4. The van der Waals surface area contributed by atoms with Crippen LogP contribution in [0.3, 0.4) is 0 Å². The lowest BCUT2D eigenvalue weighted by atomic mass is 10.2. The maximum absolute atomic E-state index is 9.46. The first-order chi connectivity index (χ1) is 6.75. The molecule has 0 spiro atoms. The lowest BCUT2D eigenvalue weighted by Gasteiger charge is -2.06. The molecule has 0 heterocycles. The van der Waals surface area contributed by atoms with E-state index in [-0.39, 0.29) is 11.5 Å². The largest absolute Gasteiger partial charge is 0.504 e. The number of aromatic hydroxyl groups is 2. The van der Waals surface area contributed by atoms with Crippen LogP contribution >= 0.6 is 11.8 Å². The maximum Gasteiger partial charge on any atom is 0.161 e. The molecule has 0 atom stereocenters. The fourth-order valence-corrected chi connectivity index (χ4v) is 1.47. The molecule has 1 rings (SSSR count). The Balaban J connectivity index is 2.46. The average molecular weight is 213 g/mol. The molecule has 0 radical (unpaired) electrons. The van der Waals surface area contributed by atoms with Gasteiger partial charge in [-0.2, -0.15) is 11.8 Å². The first kappa shape index (κ1) is 11.2. The van der Waals surface area contributed by atoms with Crippen molar-refractivity contribution in [2.24, 2.45) is 0 Å². The van der Waals surface area contributed by atoms with Crippen LogP contribution in [0.15, 0.2) is 18.2 Å². The van der Waals surface area contributed by atoms with Gasteiger partial charge in [0.2, 0.25) is 0 Å². The lowest BCUT2D eigenvalue weighted by molar-refractivity contribution is 0.398. The van der Waals surface area contributed by atoms with E-state index in [1.54, 1.807) is 23.9 Å². The molecule has 1 aromatic carbocycles. The van der Waals surface area contributed by atoms with Gasteiger partial charge in [0.05, 0.1) is 0 Å². The minimum Gasteiger partial charge on any atom is -0.504 e. The first-order valence-electron chi connectivity index (χ1n) is 4.45. The molecular formula is C10H15NO2S. The van der Waals surface area contributed by atoms with Crippen molar-refractivity contribution in [1.29, 1.82) is 0 Å². The predicted molar refractivity (Wildman–Crippen MR) is 59.9 cm³/mol. The van der Waals surface area contributed by atoms with Gasteiger partial charge >= 0.3 is 0 Å². The van der Waals surface area contributed by atoms with Gasteiger partial charge < -0.3 is 15.5 Å². The van der Waals surface area contributed by atoms with E-state index in [2.05, 4.69) is 5.32 Å². The third kappa shape index (κ3) is 3.12. The van der Waals surface area contributed by atoms with Crippen molar-refractivity contribution in [2.75, 3.05) is 18.6 Å². The first-order valence-corrected chi connectivity index (χ1v) is 5.84. The van der Waals surface area contributed by atoms with Crippen LogP contribution in [0.25, 0.3) is 0 Å². The average Bonchev–Trinajstić information content (AvgIpc) is 2.19. The van der Waals surface area contributed by atoms with Crippen LogP contribution in [-0.4, -0.2) is 28.8 Å². The van der Waals surface area contributed by atoms with Gasteiger partial charge in [0.25, 0.3) is 0 Å². The van der Waals surface area contributed by atoms with Crippen molar-refractivity contribution >= 4 is 11.8 Å². The molecule has 0 aliphatic carbocycles. The van der Waals surface area contributed by atoms with Gasteiger partial charge in [-0.05, 0) is 12.3 Å². The summed E-state index contributed by atoms with van der Waals surface area (Å²) in [4.78, 5) is 0. The molecule has 14 heavy (non-hydrogen) atoms. The van der Waals surface area contributed by atoms with E-state index in [0.29, 0.717) is 6.54 Å². The molecule has 3 nitrogen and oxygen atoms in total. The smallest absolute Gasteiger partial charge is 0.161 e. The fraction of sp³-hybridized carbons (Fsp3) is 0.400. The van der Waals surface area contributed by atoms with Gasteiger partial charge in [-0.3, -0.25) is 0 Å². The SMILES string of the molecule is CSCCNCc1cccc(O)c1O. The highest BCUT2D eigenvalue weighted by Crippen LogP contribution is 2.27. The van der Waals surface area contributed by atoms with Crippen molar-refractivity contribution in [1.82, 2.24) is 5.32 Å². The molecule has 0 amide bonds. The van der Waals surface area contributed by atoms with E-state index >= 15 is 0 Å². The molecule has 1 aromatic rings. The molecule has 4 heteroatoms. The molecule has 0 fully saturated rings.